The molecule has 2 amide bonds. The fourth-order valence-corrected chi connectivity index (χ4v) is 5.05. The van der Waals surface area contributed by atoms with Crippen LogP contribution in [-0.4, -0.2) is 50.5 Å². The maximum atomic E-state index is 13.5. The zero-order valence-corrected chi connectivity index (χ0v) is 20.7. The summed E-state index contributed by atoms with van der Waals surface area (Å²) in [5, 5.41) is 3.56. The van der Waals surface area contributed by atoms with Gasteiger partial charge in [0.1, 0.15) is 16.5 Å². The molecular weight excluding hydrogens is 466 g/mol. The number of hydrogen-bond acceptors (Lipinski definition) is 7. The zero-order chi connectivity index (χ0) is 24.8. The Balaban J connectivity index is 1.68. The molecule has 35 heavy (non-hydrogen) atoms. The number of rotatable bonds is 7. The van der Waals surface area contributed by atoms with E-state index in [-0.39, 0.29) is 12.0 Å². The first kappa shape index (κ1) is 24.3. The lowest BCUT2D eigenvalue weighted by Gasteiger charge is -2.26. The number of anilines is 1. The van der Waals surface area contributed by atoms with Crippen molar-refractivity contribution in [2.45, 2.75) is 19.9 Å². The highest BCUT2D eigenvalue weighted by molar-refractivity contribution is 7.16. The van der Waals surface area contributed by atoms with Crippen molar-refractivity contribution >= 4 is 40.2 Å². The van der Waals surface area contributed by atoms with Gasteiger partial charge in [0.2, 0.25) is 0 Å². The third kappa shape index (κ3) is 5.46. The van der Waals surface area contributed by atoms with Crippen LogP contribution in [0.15, 0.2) is 53.5 Å². The van der Waals surface area contributed by atoms with Gasteiger partial charge in [-0.3, -0.25) is 4.79 Å². The second-order valence-electron chi connectivity index (χ2n) is 7.74. The molecule has 1 aliphatic heterocycles. The molecule has 0 atom stereocenters. The lowest BCUT2D eigenvalue weighted by molar-refractivity contribution is 0.102. The van der Waals surface area contributed by atoms with Crippen LogP contribution in [0.2, 0.25) is 0 Å². The number of benzene rings is 2. The van der Waals surface area contributed by atoms with E-state index in [9.17, 15) is 9.59 Å². The van der Waals surface area contributed by atoms with Crippen LogP contribution in [0.25, 0.3) is 0 Å². The summed E-state index contributed by atoms with van der Waals surface area (Å²) in [6, 6.07) is 14.9. The first-order chi connectivity index (χ1) is 17.0. The van der Waals surface area contributed by atoms with Gasteiger partial charge in [0.25, 0.3) is 5.91 Å². The first-order valence-corrected chi connectivity index (χ1v) is 12.0. The number of carbonyl (C=O) groups excluding carboxylic acids is 2. The Hall–Kier alpha value is -3.85. The van der Waals surface area contributed by atoms with Crippen LogP contribution in [0, 0.1) is 0 Å². The summed E-state index contributed by atoms with van der Waals surface area (Å²) in [5.41, 5.74) is 2.87. The number of carbonyl (C=O) groups is 2. The molecule has 0 fully saturated rings. The molecule has 2 aromatic carbocycles. The second kappa shape index (κ2) is 11.1. The Kier molecular flexibility index (Phi) is 7.67. The van der Waals surface area contributed by atoms with Gasteiger partial charge < -0.3 is 24.4 Å². The summed E-state index contributed by atoms with van der Waals surface area (Å²) in [5.74, 6) is 0.834. The highest BCUT2D eigenvalue weighted by Crippen LogP contribution is 2.40. The minimum atomic E-state index is -0.352. The number of nitrogens with one attached hydrogen (secondary N) is 1. The van der Waals surface area contributed by atoms with Gasteiger partial charge in [-0.1, -0.05) is 30.3 Å². The summed E-state index contributed by atoms with van der Waals surface area (Å²) in [4.78, 5) is 33.1. The van der Waals surface area contributed by atoms with E-state index in [1.165, 1.54) is 18.4 Å². The van der Waals surface area contributed by atoms with Crippen LogP contribution in [0.3, 0.4) is 0 Å². The molecule has 0 saturated heterocycles. The average molecular weight is 494 g/mol. The van der Waals surface area contributed by atoms with Gasteiger partial charge in [0.05, 0.1) is 38.6 Å². The molecule has 0 unspecified atom stereocenters. The fourth-order valence-electron chi connectivity index (χ4n) is 3.84. The molecule has 1 N–H and O–H groups in total. The molecule has 1 aliphatic rings. The van der Waals surface area contributed by atoms with Crippen molar-refractivity contribution in [3.8, 4) is 11.5 Å². The Morgan fingerprint density at radius 1 is 1.14 bits per heavy atom. The molecule has 4 rings (SSSR count). The van der Waals surface area contributed by atoms with Gasteiger partial charge in [-0.25, -0.2) is 9.79 Å². The standard InChI is InChI=1S/C26H27N3O5S/c1-4-34-26(31)29-13-12-19-22(16-29)35-25(27-15-17-8-6-5-7-9-17)23(19)24(30)28-20-11-10-18(32-2)14-21(20)33-3/h5-11,14-15H,4,12-13,16H2,1-3H3,(H,28,30)/b27-15+. The Morgan fingerprint density at radius 3 is 2.66 bits per heavy atom. The molecule has 0 radical (unpaired) electrons. The molecule has 0 aliphatic carbocycles. The maximum absolute atomic E-state index is 13.5. The van der Waals surface area contributed by atoms with Crippen molar-refractivity contribution in [2.75, 3.05) is 32.7 Å². The van der Waals surface area contributed by atoms with E-state index in [2.05, 4.69) is 10.3 Å². The first-order valence-electron chi connectivity index (χ1n) is 11.2. The highest BCUT2D eigenvalue weighted by Gasteiger charge is 2.30. The number of nitrogens with zero attached hydrogens (tertiary/aromatic N) is 2. The van der Waals surface area contributed by atoms with Gasteiger partial charge in [0, 0.05) is 23.7 Å². The molecule has 0 spiro atoms. The number of methoxy groups -OCH3 is 2. The van der Waals surface area contributed by atoms with Crippen LogP contribution in [0.4, 0.5) is 15.5 Å². The SMILES string of the molecule is CCOC(=O)N1CCc2c(sc(/N=C/c3ccccc3)c2C(=O)Nc2ccc(OC)cc2OC)C1. The van der Waals surface area contributed by atoms with Crippen LogP contribution in [0.5, 0.6) is 11.5 Å². The second-order valence-corrected chi connectivity index (χ2v) is 8.83. The lowest BCUT2D eigenvalue weighted by Crippen LogP contribution is -2.36. The van der Waals surface area contributed by atoms with Crippen molar-refractivity contribution < 1.29 is 23.8 Å². The largest absolute Gasteiger partial charge is 0.497 e. The molecular formula is C26H27N3O5S. The number of fused-ring (bicyclic) bond motifs is 1. The van der Waals surface area contributed by atoms with Gasteiger partial charge in [0.15, 0.2) is 0 Å². The van der Waals surface area contributed by atoms with Crippen LogP contribution in [-0.2, 0) is 17.7 Å². The van der Waals surface area contributed by atoms with Crippen molar-refractivity contribution in [1.29, 1.82) is 0 Å². The van der Waals surface area contributed by atoms with E-state index in [0.717, 1.165) is 16.0 Å². The minimum absolute atomic E-state index is 0.282. The highest BCUT2D eigenvalue weighted by atomic mass is 32.1. The predicted octanol–water partition coefficient (Wildman–Crippen LogP) is 5.28. The van der Waals surface area contributed by atoms with E-state index in [1.54, 1.807) is 43.3 Å². The molecule has 8 nitrogen and oxygen atoms in total. The summed E-state index contributed by atoms with van der Waals surface area (Å²) in [6.45, 7) is 2.95. The van der Waals surface area contributed by atoms with E-state index in [0.29, 0.717) is 53.9 Å². The Labute approximate surface area is 208 Å². The third-order valence-corrected chi connectivity index (χ3v) is 6.70. The zero-order valence-electron chi connectivity index (χ0n) is 19.9. The topological polar surface area (TPSA) is 89.5 Å². The molecule has 3 aromatic rings. The number of hydrogen-bond donors (Lipinski definition) is 1. The average Bonchev–Trinajstić information content (AvgIpc) is 3.26. The predicted molar refractivity (Wildman–Crippen MR) is 137 cm³/mol. The Morgan fingerprint density at radius 2 is 1.94 bits per heavy atom. The van der Waals surface area contributed by atoms with E-state index in [4.69, 9.17) is 14.2 Å². The van der Waals surface area contributed by atoms with Crippen molar-refractivity contribution in [3.05, 3.63) is 70.1 Å². The number of amides is 2. The number of thiophene rings is 1. The fraction of sp³-hybridized carbons (Fsp3) is 0.269. The van der Waals surface area contributed by atoms with E-state index < -0.39 is 0 Å². The molecule has 0 saturated carbocycles. The smallest absolute Gasteiger partial charge is 0.410 e. The third-order valence-electron chi connectivity index (χ3n) is 5.58. The number of aliphatic imine (C=N–C) groups is 1. The minimum Gasteiger partial charge on any atom is -0.497 e. The van der Waals surface area contributed by atoms with Gasteiger partial charge in [-0.05, 0) is 36.6 Å². The molecule has 0 bridgehead atoms. The maximum Gasteiger partial charge on any atom is 0.410 e. The van der Waals surface area contributed by atoms with Gasteiger partial charge in [-0.15, -0.1) is 11.3 Å². The van der Waals surface area contributed by atoms with Crippen LogP contribution in [0.1, 0.15) is 33.3 Å². The van der Waals surface area contributed by atoms with Gasteiger partial charge in [-0.2, -0.15) is 0 Å². The molecule has 9 heteroatoms. The van der Waals surface area contributed by atoms with Crippen molar-refractivity contribution in [1.82, 2.24) is 4.90 Å². The monoisotopic (exact) mass is 493 g/mol. The molecule has 1 aromatic heterocycles. The number of ether oxygens (including phenoxy) is 3. The summed E-state index contributed by atoms with van der Waals surface area (Å²) >= 11 is 1.42. The summed E-state index contributed by atoms with van der Waals surface area (Å²) in [6.07, 6.45) is 1.92. The molecule has 2 heterocycles. The quantitative estimate of drug-likeness (QED) is 0.452. The lowest BCUT2D eigenvalue weighted by atomic mass is 10.0. The van der Waals surface area contributed by atoms with Crippen LogP contribution >= 0.6 is 11.3 Å². The summed E-state index contributed by atoms with van der Waals surface area (Å²) in [7, 11) is 3.11. The van der Waals surface area contributed by atoms with Gasteiger partial charge >= 0.3 is 6.09 Å². The van der Waals surface area contributed by atoms with E-state index in [1.807, 2.05) is 30.3 Å². The Bertz CT molecular complexity index is 1240. The molecule has 182 valence electrons. The van der Waals surface area contributed by atoms with Crippen LogP contribution < -0.4 is 14.8 Å². The van der Waals surface area contributed by atoms with Crippen molar-refractivity contribution in [3.63, 3.8) is 0 Å². The normalized spacial score (nSPS) is 12.8. The van der Waals surface area contributed by atoms with Crippen molar-refractivity contribution in [2.24, 2.45) is 4.99 Å². The summed E-state index contributed by atoms with van der Waals surface area (Å²) < 4.78 is 15.9. The van der Waals surface area contributed by atoms with E-state index >= 15 is 0 Å².